The number of hydrogen-bond acceptors (Lipinski definition) is 5. The van der Waals surface area contributed by atoms with Gasteiger partial charge < -0.3 is 10.2 Å². The molecular weight excluding hydrogens is 426 g/mol. The molecule has 34 heavy (non-hydrogen) atoms. The number of nitrogens with zero attached hydrogens (tertiary/aromatic N) is 2. The van der Waals surface area contributed by atoms with Crippen molar-refractivity contribution in [2.24, 2.45) is 4.99 Å². The number of aromatic amines is 1. The van der Waals surface area contributed by atoms with Crippen molar-refractivity contribution in [1.82, 2.24) is 9.88 Å². The number of aromatic hydroxyl groups is 2. The first-order chi connectivity index (χ1) is 16.6. The summed E-state index contributed by atoms with van der Waals surface area (Å²) in [5.41, 5.74) is 3.89. The van der Waals surface area contributed by atoms with Gasteiger partial charge in [-0.15, -0.1) is 0 Å². The first-order valence-corrected chi connectivity index (χ1v) is 11.6. The minimum atomic E-state index is -0.357. The Kier molecular flexibility index (Phi) is 6.14. The van der Waals surface area contributed by atoms with E-state index in [1.807, 2.05) is 36.4 Å². The fraction of sp³-hybridized carbons (Fsp3) is 0.214. The van der Waals surface area contributed by atoms with Gasteiger partial charge in [0, 0.05) is 23.5 Å². The number of likely N-dealkylation sites (tertiary alicyclic amines) is 1. The fourth-order valence-electron chi connectivity index (χ4n) is 4.50. The summed E-state index contributed by atoms with van der Waals surface area (Å²) >= 11 is 0. The van der Waals surface area contributed by atoms with Gasteiger partial charge in [-0.1, -0.05) is 36.8 Å². The molecule has 0 atom stereocenters. The van der Waals surface area contributed by atoms with Crippen molar-refractivity contribution in [1.29, 1.82) is 0 Å². The number of pyridine rings is 1. The van der Waals surface area contributed by atoms with Crippen LogP contribution in [0.4, 0.5) is 5.69 Å². The van der Waals surface area contributed by atoms with Crippen molar-refractivity contribution in [3.05, 3.63) is 88.2 Å². The van der Waals surface area contributed by atoms with E-state index in [0.717, 1.165) is 36.4 Å². The topological polar surface area (TPSA) is 88.9 Å². The van der Waals surface area contributed by atoms with Gasteiger partial charge in [0.05, 0.1) is 11.3 Å². The van der Waals surface area contributed by atoms with Crippen molar-refractivity contribution in [2.75, 3.05) is 13.1 Å². The Hall–Kier alpha value is -3.90. The molecule has 0 bridgehead atoms. The quantitative estimate of drug-likeness (QED) is 0.356. The first kappa shape index (κ1) is 21.9. The summed E-state index contributed by atoms with van der Waals surface area (Å²) in [5, 5.41) is 21.2. The highest BCUT2D eigenvalue weighted by Gasteiger charge is 2.12. The van der Waals surface area contributed by atoms with Gasteiger partial charge >= 0.3 is 0 Å². The first-order valence-electron chi connectivity index (χ1n) is 11.6. The summed E-state index contributed by atoms with van der Waals surface area (Å²) in [5.74, 6) is -0.0285. The van der Waals surface area contributed by atoms with Crippen LogP contribution in [-0.4, -0.2) is 39.4 Å². The number of aliphatic imine (C=N–C) groups is 1. The summed E-state index contributed by atoms with van der Waals surface area (Å²) in [7, 11) is 0. The van der Waals surface area contributed by atoms with Crippen LogP contribution in [-0.2, 0) is 6.54 Å². The van der Waals surface area contributed by atoms with Crippen molar-refractivity contribution in [3.8, 4) is 22.8 Å². The van der Waals surface area contributed by atoms with Crippen molar-refractivity contribution >= 4 is 22.7 Å². The molecule has 4 aromatic rings. The molecule has 0 amide bonds. The Balaban J connectivity index is 1.44. The molecule has 1 fully saturated rings. The summed E-state index contributed by atoms with van der Waals surface area (Å²) < 4.78 is 0. The number of fused-ring (bicyclic) bond motifs is 1. The van der Waals surface area contributed by atoms with E-state index in [1.54, 1.807) is 24.4 Å². The maximum absolute atomic E-state index is 12.4. The number of rotatable bonds is 5. The molecule has 172 valence electrons. The summed E-state index contributed by atoms with van der Waals surface area (Å²) in [6.07, 6.45) is 5.46. The Labute approximate surface area is 197 Å². The molecule has 0 radical (unpaired) electrons. The number of nitrogens with one attached hydrogen (secondary N) is 1. The molecule has 1 saturated heterocycles. The second-order valence-electron chi connectivity index (χ2n) is 8.79. The predicted molar refractivity (Wildman–Crippen MR) is 136 cm³/mol. The molecule has 0 aliphatic carbocycles. The van der Waals surface area contributed by atoms with Crippen LogP contribution in [0.2, 0.25) is 0 Å². The highest BCUT2D eigenvalue weighted by Crippen LogP contribution is 2.29. The second-order valence-corrected chi connectivity index (χ2v) is 8.79. The van der Waals surface area contributed by atoms with Crippen molar-refractivity contribution in [2.45, 2.75) is 25.8 Å². The lowest BCUT2D eigenvalue weighted by Gasteiger charge is -2.26. The van der Waals surface area contributed by atoms with E-state index in [4.69, 9.17) is 0 Å². The van der Waals surface area contributed by atoms with Crippen molar-refractivity contribution < 1.29 is 10.2 Å². The molecule has 1 aliphatic rings. The van der Waals surface area contributed by atoms with Crippen LogP contribution in [0.3, 0.4) is 0 Å². The SMILES string of the molecule is O=c1[nH]c(O)c(C=Nc2ccc(CN3CCCCC3)cc2)c2cc(-c3ccc(O)cc3)ccc12. The third-order valence-corrected chi connectivity index (χ3v) is 6.38. The van der Waals surface area contributed by atoms with Gasteiger partial charge in [-0.25, -0.2) is 0 Å². The average Bonchev–Trinajstić information content (AvgIpc) is 2.86. The van der Waals surface area contributed by atoms with Gasteiger partial charge in [-0.2, -0.15) is 0 Å². The molecule has 0 unspecified atom stereocenters. The summed E-state index contributed by atoms with van der Waals surface area (Å²) in [6.45, 7) is 3.27. The van der Waals surface area contributed by atoms with Crippen molar-refractivity contribution in [3.63, 3.8) is 0 Å². The lowest BCUT2D eigenvalue weighted by atomic mass is 9.99. The molecule has 1 aromatic heterocycles. The number of H-pyrrole nitrogens is 1. The van der Waals surface area contributed by atoms with Gasteiger partial charge in [0.2, 0.25) is 5.88 Å². The van der Waals surface area contributed by atoms with Crippen LogP contribution in [0.5, 0.6) is 11.6 Å². The number of piperidine rings is 1. The smallest absolute Gasteiger partial charge is 0.258 e. The van der Waals surface area contributed by atoms with E-state index in [2.05, 4.69) is 27.0 Å². The summed E-state index contributed by atoms with van der Waals surface area (Å²) in [6, 6.07) is 20.4. The number of hydrogen-bond donors (Lipinski definition) is 3. The molecule has 6 nitrogen and oxygen atoms in total. The van der Waals surface area contributed by atoms with Crippen LogP contribution in [0.1, 0.15) is 30.4 Å². The van der Waals surface area contributed by atoms with E-state index in [0.29, 0.717) is 16.3 Å². The fourth-order valence-corrected chi connectivity index (χ4v) is 4.50. The molecule has 1 aliphatic heterocycles. The number of benzene rings is 3. The minimum absolute atomic E-state index is 0.188. The highest BCUT2D eigenvalue weighted by molar-refractivity contribution is 6.03. The van der Waals surface area contributed by atoms with Crippen LogP contribution < -0.4 is 5.56 Å². The molecule has 3 N–H and O–H groups in total. The third kappa shape index (κ3) is 4.72. The predicted octanol–water partition coefficient (Wildman–Crippen LogP) is 5.34. The third-order valence-electron chi connectivity index (χ3n) is 6.38. The van der Waals surface area contributed by atoms with Crippen LogP contribution in [0.25, 0.3) is 21.9 Å². The number of phenols is 1. The largest absolute Gasteiger partial charge is 0.508 e. The van der Waals surface area contributed by atoms with Gasteiger partial charge in [0.1, 0.15) is 5.75 Å². The Morgan fingerprint density at radius 3 is 2.29 bits per heavy atom. The monoisotopic (exact) mass is 453 g/mol. The standard InChI is InChI=1S/C28H27N3O3/c32-23-11-6-20(7-12-23)21-8-13-24-25(16-21)26(28(34)30-27(24)33)17-29-22-9-4-19(5-10-22)18-31-14-2-1-3-15-31/h4-13,16-17,32H,1-3,14-15,18H2,(H2,30,33,34). The molecular formula is C28H27N3O3. The zero-order valence-corrected chi connectivity index (χ0v) is 18.9. The molecule has 6 heteroatoms. The van der Waals surface area contributed by atoms with Gasteiger partial charge in [0.15, 0.2) is 0 Å². The van der Waals surface area contributed by atoms with E-state index >= 15 is 0 Å². The van der Waals surface area contributed by atoms with E-state index in [9.17, 15) is 15.0 Å². The maximum atomic E-state index is 12.4. The van der Waals surface area contributed by atoms with E-state index < -0.39 is 0 Å². The number of aromatic nitrogens is 1. The Bertz CT molecular complexity index is 1380. The maximum Gasteiger partial charge on any atom is 0.258 e. The molecule has 3 aromatic carbocycles. The van der Waals surface area contributed by atoms with E-state index in [-0.39, 0.29) is 17.2 Å². The van der Waals surface area contributed by atoms with Crippen LogP contribution in [0, 0.1) is 0 Å². The van der Waals surface area contributed by atoms with Crippen LogP contribution in [0.15, 0.2) is 76.5 Å². The second kappa shape index (κ2) is 9.53. The van der Waals surface area contributed by atoms with Gasteiger partial charge in [-0.05, 0) is 79.0 Å². The van der Waals surface area contributed by atoms with Gasteiger partial charge in [0.25, 0.3) is 5.56 Å². The highest BCUT2D eigenvalue weighted by atomic mass is 16.3. The zero-order chi connectivity index (χ0) is 23.5. The van der Waals surface area contributed by atoms with Crippen LogP contribution >= 0.6 is 0 Å². The molecule has 0 spiro atoms. The minimum Gasteiger partial charge on any atom is -0.508 e. The average molecular weight is 454 g/mol. The normalized spacial score (nSPS) is 14.7. The molecule has 0 saturated carbocycles. The zero-order valence-electron chi connectivity index (χ0n) is 18.9. The summed E-state index contributed by atoms with van der Waals surface area (Å²) in [4.78, 5) is 22.0. The molecule has 2 heterocycles. The lowest BCUT2D eigenvalue weighted by Crippen LogP contribution is -2.28. The van der Waals surface area contributed by atoms with Gasteiger partial charge in [-0.3, -0.25) is 19.7 Å². The lowest BCUT2D eigenvalue weighted by molar-refractivity contribution is 0.221. The Morgan fingerprint density at radius 1 is 0.853 bits per heavy atom. The number of phenolic OH excluding ortho intramolecular Hbond substituents is 1. The van der Waals surface area contributed by atoms with E-state index in [1.165, 1.54) is 24.8 Å². The molecule has 5 rings (SSSR count). The Morgan fingerprint density at radius 2 is 1.56 bits per heavy atom.